The van der Waals surface area contributed by atoms with Crippen LogP contribution < -0.4 is 21.2 Å². The van der Waals surface area contributed by atoms with Crippen LogP contribution in [0.25, 0.3) is 0 Å². The Kier molecular flexibility index (Phi) is 6.39. The number of benzene rings is 4. The van der Waals surface area contributed by atoms with Crippen molar-refractivity contribution in [1.29, 1.82) is 10.3 Å². The predicted molar refractivity (Wildman–Crippen MR) is 136 cm³/mol. The van der Waals surface area contributed by atoms with Gasteiger partial charge in [-0.3, -0.25) is 10.3 Å². The Labute approximate surface area is 185 Å². The lowest BCUT2D eigenvalue weighted by Crippen LogP contribution is -2.36. The Bertz CT molecular complexity index is 1030. The third-order valence-electron chi connectivity index (χ3n) is 5.49. The fourth-order valence-corrected chi connectivity index (χ4v) is 11.8. The highest BCUT2D eigenvalue weighted by Crippen LogP contribution is 2.64. The minimum atomic E-state index is -2.79. The molecule has 4 aromatic carbocycles. The molecule has 0 spiro atoms. The molecule has 0 saturated carbocycles. The van der Waals surface area contributed by atoms with Gasteiger partial charge in [-0.15, -0.1) is 0 Å². The van der Waals surface area contributed by atoms with Crippen LogP contribution in [-0.2, 0) is 0 Å². The summed E-state index contributed by atoms with van der Waals surface area (Å²) in [6.45, 7) is 2.70. The lowest BCUT2D eigenvalue weighted by molar-refractivity contribution is 0.743. The average molecular weight is 443 g/mol. The third kappa shape index (κ3) is 3.86. The molecule has 0 aliphatic rings. The molecule has 0 unspecified atom stereocenters. The summed E-state index contributed by atoms with van der Waals surface area (Å²) in [5.41, 5.74) is 0. The molecule has 5 heteroatoms. The van der Waals surface area contributed by atoms with Crippen molar-refractivity contribution in [2.75, 3.05) is 6.54 Å². The van der Waals surface area contributed by atoms with Crippen LogP contribution in [0.5, 0.6) is 0 Å². The first-order chi connectivity index (χ1) is 15.1. The molecule has 3 nitrogen and oxygen atoms in total. The highest BCUT2D eigenvalue weighted by molar-refractivity contribution is 7.91. The van der Waals surface area contributed by atoms with Gasteiger partial charge in [-0.1, -0.05) is 128 Å². The maximum atomic E-state index is 10.1. The van der Waals surface area contributed by atoms with Gasteiger partial charge in [-0.05, 0) is 0 Å². The quantitative estimate of drug-likeness (QED) is 0.338. The summed E-state index contributed by atoms with van der Waals surface area (Å²) in [6, 6.07) is 40.4. The molecule has 156 valence electrons. The molecule has 0 aliphatic heterocycles. The van der Waals surface area contributed by atoms with E-state index in [1.54, 1.807) is 0 Å². The number of hydrogen-bond donors (Lipinski definition) is 2. The van der Waals surface area contributed by atoms with E-state index in [9.17, 15) is 10.3 Å². The molecular weight excluding hydrogens is 416 g/mol. The molecule has 0 aromatic heterocycles. The molecule has 4 rings (SSSR count). The Morgan fingerprint density at radius 2 is 0.710 bits per heavy atom. The zero-order valence-electron chi connectivity index (χ0n) is 17.6. The number of hydrogen-bond acceptors (Lipinski definition) is 2. The van der Waals surface area contributed by atoms with Crippen LogP contribution in [0.1, 0.15) is 6.92 Å². The lowest BCUT2D eigenvalue weighted by Gasteiger charge is -2.43. The highest BCUT2D eigenvalue weighted by Gasteiger charge is 2.40. The fourth-order valence-electron chi connectivity index (χ4n) is 4.03. The van der Waals surface area contributed by atoms with Gasteiger partial charge in [-0.25, -0.2) is 4.44 Å². The molecule has 0 amide bonds. The van der Waals surface area contributed by atoms with E-state index in [0.717, 1.165) is 21.2 Å². The highest BCUT2D eigenvalue weighted by atomic mass is 31.2. The summed E-state index contributed by atoms with van der Waals surface area (Å²) in [4.78, 5) is 0. The summed E-state index contributed by atoms with van der Waals surface area (Å²) >= 11 is 0. The van der Waals surface area contributed by atoms with Gasteiger partial charge in [0.2, 0.25) is 0 Å². The van der Waals surface area contributed by atoms with Crippen LogP contribution in [0.3, 0.4) is 0 Å². The maximum absolute atomic E-state index is 10.1. The van der Waals surface area contributed by atoms with E-state index in [2.05, 4.69) is 59.9 Å². The van der Waals surface area contributed by atoms with Gasteiger partial charge in [0.15, 0.2) is 0 Å². The molecule has 0 aliphatic carbocycles. The van der Waals surface area contributed by atoms with Crippen molar-refractivity contribution in [2.45, 2.75) is 6.92 Å². The van der Waals surface area contributed by atoms with Crippen LogP contribution in [0.2, 0.25) is 0 Å². The second-order valence-corrected chi connectivity index (χ2v) is 13.2. The second kappa shape index (κ2) is 9.20. The van der Waals surface area contributed by atoms with Gasteiger partial charge in [-0.2, -0.15) is 0 Å². The second-order valence-electron chi connectivity index (χ2n) is 7.30. The SMILES string of the molecule is CCN(P(=N)(c1ccccc1)c1ccccc1)P(=N)(c1ccccc1)c1ccccc1. The van der Waals surface area contributed by atoms with Gasteiger partial charge < -0.3 is 0 Å². The average Bonchev–Trinajstić information content (AvgIpc) is 2.86. The summed E-state index contributed by atoms with van der Waals surface area (Å²) in [5.74, 6) is 0. The molecule has 4 aromatic rings. The zero-order chi connectivity index (χ0) is 21.7. The van der Waals surface area contributed by atoms with Gasteiger partial charge in [0.1, 0.15) is 0 Å². The Balaban J connectivity index is 2.05. The molecule has 0 saturated heterocycles. The number of nitrogens with one attached hydrogen (secondary N) is 2. The first-order valence-corrected chi connectivity index (χ1v) is 13.9. The Morgan fingerprint density at radius 1 is 0.484 bits per heavy atom. The van der Waals surface area contributed by atoms with Crippen LogP contribution >= 0.6 is 14.4 Å². The van der Waals surface area contributed by atoms with Crippen LogP contribution in [-0.4, -0.2) is 11.0 Å². The predicted octanol–water partition coefficient (Wildman–Crippen LogP) is 6.00. The molecular formula is C26H27N3P2. The topological polar surface area (TPSA) is 50.9 Å². The van der Waals surface area contributed by atoms with E-state index >= 15 is 0 Å². The zero-order valence-corrected chi connectivity index (χ0v) is 19.4. The van der Waals surface area contributed by atoms with Crippen molar-refractivity contribution < 1.29 is 0 Å². The van der Waals surface area contributed by atoms with Crippen molar-refractivity contribution in [1.82, 2.24) is 4.44 Å². The van der Waals surface area contributed by atoms with Crippen molar-refractivity contribution in [3.63, 3.8) is 0 Å². The van der Waals surface area contributed by atoms with Gasteiger partial charge >= 0.3 is 0 Å². The van der Waals surface area contributed by atoms with Crippen LogP contribution in [0.4, 0.5) is 0 Å². The molecule has 0 heterocycles. The van der Waals surface area contributed by atoms with Gasteiger partial charge in [0, 0.05) is 27.8 Å². The molecule has 0 fully saturated rings. The normalized spacial score (nSPS) is 12.1. The van der Waals surface area contributed by atoms with Crippen LogP contribution in [0.15, 0.2) is 121 Å². The van der Waals surface area contributed by atoms with E-state index in [1.165, 1.54) is 0 Å². The van der Waals surface area contributed by atoms with Crippen molar-refractivity contribution in [3.05, 3.63) is 121 Å². The molecule has 0 atom stereocenters. The van der Waals surface area contributed by atoms with E-state index in [1.807, 2.05) is 72.8 Å². The van der Waals surface area contributed by atoms with E-state index in [0.29, 0.717) is 6.54 Å². The minimum Gasteiger partial charge on any atom is -0.294 e. The maximum Gasteiger partial charge on any atom is 0.0904 e. The van der Waals surface area contributed by atoms with Crippen molar-refractivity contribution >= 4 is 35.6 Å². The third-order valence-corrected chi connectivity index (χ3v) is 13.2. The van der Waals surface area contributed by atoms with Crippen LogP contribution in [0, 0.1) is 10.3 Å². The van der Waals surface area contributed by atoms with Gasteiger partial charge in [0.25, 0.3) is 0 Å². The van der Waals surface area contributed by atoms with Crippen molar-refractivity contribution in [3.8, 4) is 0 Å². The molecule has 2 N–H and O–H groups in total. The Morgan fingerprint density at radius 3 is 0.903 bits per heavy atom. The number of nitrogens with zero attached hydrogens (tertiary/aromatic N) is 1. The fraction of sp³-hybridized carbons (Fsp3) is 0.0769. The summed E-state index contributed by atoms with van der Waals surface area (Å²) in [6.07, 6.45) is 0. The molecule has 0 bridgehead atoms. The van der Waals surface area contributed by atoms with E-state index in [-0.39, 0.29) is 0 Å². The first kappa shape index (κ1) is 21.5. The monoisotopic (exact) mass is 443 g/mol. The first-order valence-electron chi connectivity index (χ1n) is 10.4. The van der Waals surface area contributed by atoms with E-state index < -0.39 is 14.4 Å². The summed E-state index contributed by atoms with van der Waals surface area (Å²) in [7, 11) is -5.58. The summed E-state index contributed by atoms with van der Waals surface area (Å²) in [5, 5.41) is 24.0. The summed E-state index contributed by atoms with van der Waals surface area (Å²) < 4.78 is 2.20. The molecule has 31 heavy (non-hydrogen) atoms. The standard InChI is InChI=1S/C26H27N3P2/c1-2-29(30(27,23-15-7-3-8-16-23)24-17-9-4-10-18-24)31(28,25-19-11-5-12-20-25)26-21-13-6-14-22-26/h3-22,27-28H,2H2,1H3. The van der Waals surface area contributed by atoms with Gasteiger partial charge in [0.05, 0.1) is 14.4 Å². The lowest BCUT2D eigenvalue weighted by atomic mass is 10.4. The molecule has 0 radical (unpaired) electrons. The van der Waals surface area contributed by atoms with Crippen molar-refractivity contribution in [2.24, 2.45) is 0 Å². The largest absolute Gasteiger partial charge is 0.294 e. The smallest absolute Gasteiger partial charge is 0.0904 e. The van der Waals surface area contributed by atoms with E-state index in [4.69, 9.17) is 0 Å². The Hall–Kier alpha value is -2.70. The minimum absolute atomic E-state index is 0.613. The number of rotatable bonds is 7.